The highest BCUT2D eigenvalue weighted by Crippen LogP contribution is 2.45. The molecule has 1 aliphatic heterocycles. The topological polar surface area (TPSA) is 42.3 Å². The van der Waals surface area contributed by atoms with Crippen molar-refractivity contribution in [2.24, 2.45) is 5.41 Å². The predicted molar refractivity (Wildman–Crippen MR) is 78.6 cm³/mol. The lowest BCUT2D eigenvalue weighted by Crippen LogP contribution is -2.44. The Morgan fingerprint density at radius 3 is 2.80 bits per heavy atom. The summed E-state index contributed by atoms with van der Waals surface area (Å²) in [6, 6.07) is 0.492. The van der Waals surface area contributed by atoms with Crippen LogP contribution in [0.25, 0.3) is 0 Å². The minimum Gasteiger partial charge on any atom is -0.379 e. The van der Waals surface area contributed by atoms with Crippen LogP contribution in [-0.2, 0) is 11.3 Å². The highest BCUT2D eigenvalue weighted by molar-refractivity contribution is 4.98. The molecule has 0 bridgehead atoms. The van der Waals surface area contributed by atoms with E-state index in [9.17, 15) is 0 Å². The SMILES string of the molecule is C[C@@H](Cn1ccnc1)NCC1(CN2CCOCC2)CC1. The van der Waals surface area contributed by atoms with Crippen molar-refractivity contribution in [3.8, 4) is 0 Å². The molecule has 5 nitrogen and oxygen atoms in total. The van der Waals surface area contributed by atoms with Gasteiger partial charge in [-0.2, -0.15) is 0 Å². The van der Waals surface area contributed by atoms with Gasteiger partial charge in [-0.15, -0.1) is 0 Å². The number of imidazole rings is 1. The number of ether oxygens (including phenoxy) is 1. The average molecular weight is 278 g/mol. The molecule has 2 heterocycles. The Morgan fingerprint density at radius 2 is 2.15 bits per heavy atom. The first kappa shape index (κ1) is 14.0. The molecule has 1 aliphatic carbocycles. The summed E-state index contributed by atoms with van der Waals surface area (Å²) >= 11 is 0. The van der Waals surface area contributed by atoms with Crippen LogP contribution in [0, 0.1) is 5.41 Å². The number of rotatable bonds is 7. The van der Waals surface area contributed by atoms with Crippen LogP contribution in [0.15, 0.2) is 18.7 Å². The summed E-state index contributed by atoms with van der Waals surface area (Å²) in [5.41, 5.74) is 0.528. The van der Waals surface area contributed by atoms with E-state index in [1.165, 1.54) is 19.4 Å². The van der Waals surface area contributed by atoms with Crippen molar-refractivity contribution in [1.29, 1.82) is 0 Å². The predicted octanol–water partition coefficient (Wildman–Crippen LogP) is 0.974. The zero-order chi connectivity index (χ0) is 13.8. The third-order valence-electron chi connectivity index (χ3n) is 4.49. The van der Waals surface area contributed by atoms with Crippen LogP contribution in [0.1, 0.15) is 19.8 Å². The van der Waals surface area contributed by atoms with Crippen LogP contribution in [0.2, 0.25) is 0 Å². The van der Waals surface area contributed by atoms with Crippen LogP contribution in [0.5, 0.6) is 0 Å². The number of morpholine rings is 1. The van der Waals surface area contributed by atoms with Gasteiger partial charge < -0.3 is 14.6 Å². The Morgan fingerprint density at radius 1 is 1.35 bits per heavy atom. The third kappa shape index (κ3) is 3.81. The van der Waals surface area contributed by atoms with E-state index in [1.54, 1.807) is 0 Å². The molecule has 5 heteroatoms. The lowest BCUT2D eigenvalue weighted by molar-refractivity contribution is 0.0282. The van der Waals surface area contributed by atoms with Gasteiger partial charge in [-0.25, -0.2) is 4.98 Å². The summed E-state index contributed by atoms with van der Waals surface area (Å²) < 4.78 is 7.56. The molecule has 0 radical (unpaired) electrons. The molecule has 1 saturated carbocycles. The molecule has 3 rings (SSSR count). The molecule has 0 amide bonds. The summed E-state index contributed by atoms with van der Waals surface area (Å²) in [5, 5.41) is 3.71. The second-order valence-corrected chi connectivity index (χ2v) is 6.43. The van der Waals surface area contributed by atoms with Crippen LogP contribution in [0.3, 0.4) is 0 Å². The molecule has 1 aromatic rings. The molecule has 1 atom stereocenters. The van der Waals surface area contributed by atoms with Crippen molar-refractivity contribution in [3.05, 3.63) is 18.7 Å². The fraction of sp³-hybridized carbons (Fsp3) is 0.800. The molecule has 20 heavy (non-hydrogen) atoms. The van der Waals surface area contributed by atoms with Crippen molar-refractivity contribution in [2.45, 2.75) is 32.4 Å². The van der Waals surface area contributed by atoms with Gasteiger partial charge in [-0.1, -0.05) is 0 Å². The zero-order valence-electron chi connectivity index (χ0n) is 12.4. The van der Waals surface area contributed by atoms with Crippen molar-refractivity contribution in [3.63, 3.8) is 0 Å². The van der Waals surface area contributed by atoms with E-state index >= 15 is 0 Å². The molecular formula is C15H26N4O. The molecule has 112 valence electrons. The largest absolute Gasteiger partial charge is 0.379 e. The average Bonchev–Trinajstić information content (AvgIpc) is 3.03. The maximum Gasteiger partial charge on any atom is 0.0946 e. The Hall–Kier alpha value is -0.910. The van der Waals surface area contributed by atoms with Gasteiger partial charge in [0.2, 0.25) is 0 Å². The van der Waals surface area contributed by atoms with Gasteiger partial charge in [0.05, 0.1) is 19.5 Å². The minimum absolute atomic E-state index is 0.492. The second kappa shape index (κ2) is 6.24. The Kier molecular flexibility index (Phi) is 4.38. The normalized spacial score (nSPS) is 23.6. The summed E-state index contributed by atoms with van der Waals surface area (Å²) in [4.78, 5) is 6.66. The zero-order valence-corrected chi connectivity index (χ0v) is 12.4. The quantitative estimate of drug-likeness (QED) is 0.807. The van der Waals surface area contributed by atoms with E-state index < -0.39 is 0 Å². The molecule has 2 fully saturated rings. The molecule has 0 aromatic carbocycles. The minimum atomic E-state index is 0.492. The lowest BCUT2D eigenvalue weighted by atomic mass is 10.1. The maximum atomic E-state index is 5.43. The van der Waals surface area contributed by atoms with Crippen LogP contribution in [0.4, 0.5) is 0 Å². The van der Waals surface area contributed by atoms with Crippen LogP contribution >= 0.6 is 0 Å². The first-order valence-corrected chi connectivity index (χ1v) is 7.75. The summed E-state index contributed by atoms with van der Waals surface area (Å²) in [6.07, 6.45) is 8.50. The summed E-state index contributed by atoms with van der Waals surface area (Å²) in [5.74, 6) is 0. The van der Waals surface area contributed by atoms with Crippen molar-refractivity contribution in [1.82, 2.24) is 19.8 Å². The maximum absolute atomic E-state index is 5.43. The first-order valence-electron chi connectivity index (χ1n) is 7.75. The molecular weight excluding hydrogens is 252 g/mol. The summed E-state index contributed by atoms with van der Waals surface area (Å²) in [6.45, 7) is 9.64. The van der Waals surface area contributed by atoms with Crippen molar-refractivity contribution >= 4 is 0 Å². The van der Waals surface area contributed by atoms with E-state index in [0.717, 1.165) is 39.4 Å². The van der Waals surface area contributed by atoms with Crippen molar-refractivity contribution in [2.75, 3.05) is 39.4 Å². The smallest absolute Gasteiger partial charge is 0.0946 e. The van der Waals surface area contributed by atoms with Crippen molar-refractivity contribution < 1.29 is 4.74 Å². The number of hydrogen-bond donors (Lipinski definition) is 1. The lowest BCUT2D eigenvalue weighted by Gasteiger charge is -2.31. The number of aromatic nitrogens is 2. The molecule has 0 spiro atoms. The summed E-state index contributed by atoms with van der Waals surface area (Å²) in [7, 11) is 0. The third-order valence-corrected chi connectivity index (χ3v) is 4.49. The molecule has 1 saturated heterocycles. The first-order chi connectivity index (χ1) is 9.76. The Bertz CT molecular complexity index is 396. The van der Waals surface area contributed by atoms with E-state index in [4.69, 9.17) is 4.74 Å². The highest BCUT2D eigenvalue weighted by atomic mass is 16.5. The van der Waals surface area contributed by atoms with E-state index in [0.29, 0.717) is 11.5 Å². The van der Waals surface area contributed by atoms with Gasteiger partial charge in [0, 0.05) is 51.2 Å². The standard InChI is InChI=1S/C15H26N4O/c1-14(10-19-5-4-16-13-19)17-11-15(2-3-15)12-18-6-8-20-9-7-18/h4-5,13-14,17H,2-3,6-12H2,1H3/t14-/m0/s1. The molecule has 0 unspecified atom stereocenters. The number of hydrogen-bond acceptors (Lipinski definition) is 4. The molecule has 2 aliphatic rings. The van der Waals surface area contributed by atoms with Crippen LogP contribution < -0.4 is 5.32 Å². The van der Waals surface area contributed by atoms with Gasteiger partial charge in [-0.05, 0) is 25.2 Å². The number of nitrogens with zero attached hydrogens (tertiary/aromatic N) is 3. The van der Waals surface area contributed by atoms with Gasteiger partial charge in [0.25, 0.3) is 0 Å². The Balaban J connectivity index is 1.40. The highest BCUT2D eigenvalue weighted by Gasteiger charge is 2.43. The molecule has 1 N–H and O–H groups in total. The van der Waals surface area contributed by atoms with Crippen LogP contribution in [-0.4, -0.2) is 59.9 Å². The fourth-order valence-corrected chi connectivity index (χ4v) is 2.97. The monoisotopic (exact) mass is 278 g/mol. The Labute approximate surface area is 121 Å². The van der Waals surface area contributed by atoms with Gasteiger partial charge in [0.15, 0.2) is 0 Å². The second-order valence-electron chi connectivity index (χ2n) is 6.43. The van der Waals surface area contributed by atoms with E-state index in [2.05, 4.69) is 26.7 Å². The van der Waals surface area contributed by atoms with E-state index in [-0.39, 0.29) is 0 Å². The molecule has 1 aromatic heterocycles. The van der Waals surface area contributed by atoms with Gasteiger partial charge >= 0.3 is 0 Å². The number of nitrogens with one attached hydrogen (secondary N) is 1. The van der Waals surface area contributed by atoms with Gasteiger partial charge in [0.1, 0.15) is 0 Å². The fourth-order valence-electron chi connectivity index (χ4n) is 2.97. The van der Waals surface area contributed by atoms with E-state index in [1.807, 2.05) is 18.7 Å². The van der Waals surface area contributed by atoms with Gasteiger partial charge in [-0.3, -0.25) is 4.90 Å².